The second-order valence-corrected chi connectivity index (χ2v) is 10.9. The summed E-state index contributed by atoms with van der Waals surface area (Å²) in [5, 5.41) is 14.9. The molecule has 3 heterocycles. The van der Waals surface area contributed by atoms with Crippen LogP contribution >= 0.6 is 0 Å². The lowest BCUT2D eigenvalue weighted by atomic mass is 9.77. The van der Waals surface area contributed by atoms with Gasteiger partial charge in [-0.1, -0.05) is 43.2 Å². The summed E-state index contributed by atoms with van der Waals surface area (Å²) in [5.74, 6) is 0.614. The molecule has 2 amide bonds. The summed E-state index contributed by atoms with van der Waals surface area (Å²) in [6, 6.07) is 14.0. The number of hydrogen-bond donors (Lipinski definition) is 1. The summed E-state index contributed by atoms with van der Waals surface area (Å²) in [7, 11) is 0. The number of carbonyl (C=O) groups is 2. The fraction of sp³-hybridized carbons (Fsp3) is 0.552. The molecule has 2 saturated heterocycles. The van der Waals surface area contributed by atoms with Gasteiger partial charge in [0.2, 0.25) is 11.8 Å². The first-order valence-electron chi connectivity index (χ1n) is 13.6. The molecule has 1 N–H and O–H groups in total. The number of piperidine rings is 1. The van der Waals surface area contributed by atoms with Gasteiger partial charge in [0.15, 0.2) is 12.4 Å². The molecule has 5 rings (SSSR count). The van der Waals surface area contributed by atoms with Gasteiger partial charge in [0, 0.05) is 30.6 Å². The van der Waals surface area contributed by atoms with Crippen LogP contribution in [0.3, 0.4) is 0 Å². The molecule has 36 heavy (non-hydrogen) atoms. The van der Waals surface area contributed by atoms with Crippen LogP contribution in [0, 0.1) is 16.5 Å². The van der Waals surface area contributed by atoms with Crippen molar-refractivity contribution >= 4 is 11.8 Å². The highest BCUT2D eigenvalue weighted by Gasteiger charge is 2.48. The van der Waals surface area contributed by atoms with Crippen LogP contribution in [0.4, 0.5) is 0 Å². The normalized spacial score (nSPS) is 21.2. The molecular formula is C29H38N4O3. The zero-order valence-corrected chi connectivity index (χ0v) is 21.1. The van der Waals surface area contributed by atoms with E-state index in [4.69, 9.17) is 0 Å². The largest absolute Gasteiger partial charge is 0.619 e. The van der Waals surface area contributed by atoms with Gasteiger partial charge in [0.25, 0.3) is 0 Å². The number of likely N-dealkylation sites (tertiary alicyclic amines) is 2. The molecule has 1 spiro atoms. The van der Waals surface area contributed by atoms with Gasteiger partial charge in [-0.25, -0.2) is 0 Å². The second kappa shape index (κ2) is 11.0. The van der Waals surface area contributed by atoms with Crippen molar-refractivity contribution in [3.63, 3.8) is 0 Å². The average molecular weight is 491 g/mol. The predicted molar refractivity (Wildman–Crippen MR) is 137 cm³/mol. The quantitative estimate of drug-likeness (QED) is 0.453. The molecular weight excluding hydrogens is 452 g/mol. The average Bonchev–Trinajstić information content (AvgIpc) is 3.54. The van der Waals surface area contributed by atoms with E-state index in [1.807, 2.05) is 29.2 Å². The molecule has 3 aliphatic rings. The van der Waals surface area contributed by atoms with E-state index >= 15 is 0 Å². The van der Waals surface area contributed by atoms with Gasteiger partial charge in [-0.2, -0.15) is 4.73 Å². The number of aromatic nitrogens is 1. The molecule has 1 aromatic carbocycles. The Morgan fingerprint density at radius 1 is 1.06 bits per heavy atom. The molecule has 0 bridgehead atoms. The van der Waals surface area contributed by atoms with Crippen LogP contribution in [0.15, 0.2) is 54.9 Å². The van der Waals surface area contributed by atoms with Gasteiger partial charge in [-0.05, 0) is 63.2 Å². The van der Waals surface area contributed by atoms with E-state index in [1.165, 1.54) is 11.8 Å². The van der Waals surface area contributed by atoms with Crippen LogP contribution < -0.4 is 10.0 Å². The first-order chi connectivity index (χ1) is 17.5. The Bertz CT molecular complexity index is 1050. The number of nitrogens with zero attached hydrogens (tertiary/aromatic N) is 3. The van der Waals surface area contributed by atoms with Crippen LogP contribution in [0.5, 0.6) is 0 Å². The van der Waals surface area contributed by atoms with Gasteiger partial charge in [-0.15, -0.1) is 0 Å². The molecule has 1 aromatic heterocycles. The van der Waals surface area contributed by atoms with Crippen molar-refractivity contribution in [1.82, 2.24) is 15.1 Å². The molecule has 1 saturated carbocycles. The first-order valence-corrected chi connectivity index (χ1v) is 13.6. The number of pyridine rings is 1. The minimum absolute atomic E-state index is 0.0217. The van der Waals surface area contributed by atoms with Crippen molar-refractivity contribution in [3.05, 3.63) is 71.2 Å². The monoisotopic (exact) mass is 490 g/mol. The molecule has 1 aliphatic carbocycles. The van der Waals surface area contributed by atoms with E-state index in [9.17, 15) is 14.8 Å². The Hall–Kier alpha value is -2.93. The summed E-state index contributed by atoms with van der Waals surface area (Å²) < 4.78 is 0.795. The van der Waals surface area contributed by atoms with E-state index in [2.05, 4.69) is 22.3 Å². The minimum atomic E-state index is -0.256. The third-order valence-electron chi connectivity index (χ3n) is 8.60. The molecule has 0 radical (unpaired) electrons. The summed E-state index contributed by atoms with van der Waals surface area (Å²) in [5.41, 5.74) is 1.79. The van der Waals surface area contributed by atoms with Crippen LogP contribution in [0.2, 0.25) is 0 Å². The molecule has 7 nitrogen and oxygen atoms in total. The van der Waals surface area contributed by atoms with Crippen molar-refractivity contribution in [3.8, 4) is 0 Å². The fourth-order valence-electron chi connectivity index (χ4n) is 6.32. The summed E-state index contributed by atoms with van der Waals surface area (Å²) in [6.07, 6.45) is 10.9. The number of hydrogen-bond acceptors (Lipinski definition) is 4. The Balaban J connectivity index is 1.15. The summed E-state index contributed by atoms with van der Waals surface area (Å²) in [4.78, 5) is 30.6. The topological polar surface area (TPSA) is 79.6 Å². The lowest BCUT2D eigenvalue weighted by Gasteiger charge is -2.38. The maximum absolute atomic E-state index is 13.4. The number of nitrogens with one attached hydrogen (secondary N) is 1. The van der Waals surface area contributed by atoms with Gasteiger partial charge < -0.3 is 20.3 Å². The van der Waals surface area contributed by atoms with Crippen LogP contribution in [-0.2, 0) is 16.1 Å². The second-order valence-electron chi connectivity index (χ2n) is 10.9. The Morgan fingerprint density at radius 3 is 2.50 bits per heavy atom. The van der Waals surface area contributed by atoms with Crippen LogP contribution in [0.1, 0.15) is 68.5 Å². The predicted octanol–water partition coefficient (Wildman–Crippen LogP) is 3.57. The van der Waals surface area contributed by atoms with E-state index in [1.54, 1.807) is 12.3 Å². The third kappa shape index (κ3) is 5.56. The molecule has 7 heteroatoms. The van der Waals surface area contributed by atoms with Crippen molar-refractivity contribution in [2.45, 2.75) is 64.0 Å². The maximum Gasteiger partial charge on any atom is 0.229 e. The zero-order valence-electron chi connectivity index (χ0n) is 21.1. The Morgan fingerprint density at radius 2 is 1.78 bits per heavy atom. The highest BCUT2D eigenvalue weighted by molar-refractivity contribution is 5.85. The maximum atomic E-state index is 13.4. The lowest BCUT2D eigenvalue weighted by Crippen LogP contribution is -2.45. The first kappa shape index (κ1) is 24.8. The summed E-state index contributed by atoms with van der Waals surface area (Å²) >= 11 is 0. The molecule has 0 unspecified atom stereocenters. The number of amides is 2. The molecule has 2 aromatic rings. The molecule has 192 valence electrons. The number of carbonyl (C=O) groups excluding carboxylic acids is 2. The Labute approximate surface area is 214 Å². The molecule has 3 fully saturated rings. The van der Waals surface area contributed by atoms with Gasteiger partial charge >= 0.3 is 0 Å². The summed E-state index contributed by atoms with van der Waals surface area (Å²) in [6.45, 7) is 3.99. The number of benzene rings is 1. The smallest absolute Gasteiger partial charge is 0.229 e. The molecule has 2 aliphatic heterocycles. The highest BCUT2D eigenvalue weighted by Crippen LogP contribution is 2.42. The van der Waals surface area contributed by atoms with Crippen molar-refractivity contribution in [2.75, 3.05) is 26.2 Å². The van der Waals surface area contributed by atoms with Crippen molar-refractivity contribution < 1.29 is 14.3 Å². The standard InChI is InChI=1S/C29H38N4O3/c34-27(25-10-4-5-11-25)30-26(24-8-2-1-3-9-24)12-17-31-18-13-29(14-19-31)15-20-32(28(29)35)21-23-7-6-16-33(36)22-23/h1-3,6-9,16,22,25-26H,4-5,10-15,17-21H2,(H,30,34)/t26-/m0/s1. The minimum Gasteiger partial charge on any atom is -0.619 e. The van der Waals surface area contributed by atoms with Crippen molar-refractivity contribution in [2.24, 2.45) is 11.3 Å². The van der Waals surface area contributed by atoms with E-state index in [-0.39, 0.29) is 29.2 Å². The lowest BCUT2D eigenvalue weighted by molar-refractivity contribution is -0.605. The van der Waals surface area contributed by atoms with E-state index < -0.39 is 0 Å². The van der Waals surface area contributed by atoms with Gasteiger partial charge in [0.05, 0.1) is 18.0 Å². The highest BCUT2D eigenvalue weighted by atomic mass is 16.5. The van der Waals surface area contributed by atoms with Crippen LogP contribution in [0.25, 0.3) is 0 Å². The van der Waals surface area contributed by atoms with E-state index in [0.29, 0.717) is 6.54 Å². The van der Waals surface area contributed by atoms with Gasteiger partial charge in [0.1, 0.15) is 0 Å². The third-order valence-corrected chi connectivity index (χ3v) is 8.60. The number of rotatable bonds is 8. The van der Waals surface area contributed by atoms with E-state index in [0.717, 1.165) is 87.8 Å². The van der Waals surface area contributed by atoms with Gasteiger partial charge in [-0.3, -0.25) is 9.59 Å². The Kier molecular flexibility index (Phi) is 7.56. The molecule has 1 atom stereocenters. The fourth-order valence-corrected chi connectivity index (χ4v) is 6.32. The zero-order chi connectivity index (χ0) is 25.0. The van der Waals surface area contributed by atoms with Crippen molar-refractivity contribution in [1.29, 1.82) is 0 Å². The van der Waals surface area contributed by atoms with Crippen LogP contribution in [-0.4, -0.2) is 47.8 Å². The SMILES string of the molecule is O=C(N[C@@H](CCN1CCC2(CC1)CCN(Cc1ccc[n+]([O-])c1)C2=O)c1ccccc1)C1CCCC1.